The van der Waals surface area contributed by atoms with Crippen LogP contribution in [0.3, 0.4) is 0 Å². The van der Waals surface area contributed by atoms with E-state index in [0.29, 0.717) is 16.4 Å². The number of nitro groups is 1. The SMILES string of the molecule is CCSc1c([N+](=O)[O-])ccc(OC)c1OC. The summed E-state index contributed by atoms with van der Waals surface area (Å²) in [5.41, 5.74) is 0.0458. The van der Waals surface area contributed by atoms with Gasteiger partial charge in [-0.25, -0.2) is 0 Å². The average molecular weight is 243 g/mol. The third-order valence-electron chi connectivity index (χ3n) is 1.96. The molecule has 0 bridgehead atoms. The Morgan fingerprint density at radius 2 is 2.06 bits per heavy atom. The third-order valence-corrected chi connectivity index (χ3v) is 2.94. The highest BCUT2D eigenvalue weighted by Crippen LogP contribution is 2.43. The van der Waals surface area contributed by atoms with Crippen LogP contribution in [0.15, 0.2) is 17.0 Å². The Morgan fingerprint density at radius 1 is 1.38 bits per heavy atom. The molecule has 0 saturated carbocycles. The number of benzene rings is 1. The van der Waals surface area contributed by atoms with Crippen molar-refractivity contribution in [1.82, 2.24) is 0 Å². The van der Waals surface area contributed by atoms with Crippen molar-refractivity contribution in [3.63, 3.8) is 0 Å². The molecule has 0 N–H and O–H groups in total. The summed E-state index contributed by atoms with van der Waals surface area (Å²) in [6.07, 6.45) is 0. The van der Waals surface area contributed by atoms with E-state index >= 15 is 0 Å². The van der Waals surface area contributed by atoms with E-state index in [9.17, 15) is 10.1 Å². The van der Waals surface area contributed by atoms with Crippen LogP contribution < -0.4 is 9.47 Å². The molecule has 1 aromatic rings. The highest BCUT2D eigenvalue weighted by atomic mass is 32.2. The van der Waals surface area contributed by atoms with Crippen molar-refractivity contribution in [3.05, 3.63) is 22.2 Å². The van der Waals surface area contributed by atoms with Crippen LogP contribution in [-0.4, -0.2) is 24.9 Å². The number of ether oxygens (including phenoxy) is 2. The molecule has 0 amide bonds. The summed E-state index contributed by atoms with van der Waals surface area (Å²) >= 11 is 1.36. The smallest absolute Gasteiger partial charge is 0.286 e. The summed E-state index contributed by atoms with van der Waals surface area (Å²) in [4.78, 5) is 11.0. The monoisotopic (exact) mass is 243 g/mol. The fourth-order valence-electron chi connectivity index (χ4n) is 1.32. The molecule has 6 heteroatoms. The molecule has 0 atom stereocenters. The van der Waals surface area contributed by atoms with Gasteiger partial charge in [0.05, 0.1) is 19.1 Å². The van der Waals surface area contributed by atoms with Crippen molar-refractivity contribution < 1.29 is 14.4 Å². The van der Waals surface area contributed by atoms with E-state index in [2.05, 4.69) is 0 Å². The lowest BCUT2D eigenvalue weighted by atomic mass is 10.3. The highest BCUT2D eigenvalue weighted by molar-refractivity contribution is 7.99. The Hall–Kier alpha value is -1.43. The van der Waals surface area contributed by atoms with Gasteiger partial charge in [-0.05, 0) is 11.8 Å². The van der Waals surface area contributed by atoms with Gasteiger partial charge < -0.3 is 9.47 Å². The second-order valence-electron chi connectivity index (χ2n) is 2.84. The first-order valence-corrected chi connectivity index (χ1v) is 5.66. The second-order valence-corrected chi connectivity index (χ2v) is 4.11. The van der Waals surface area contributed by atoms with E-state index < -0.39 is 4.92 Å². The van der Waals surface area contributed by atoms with Gasteiger partial charge in [0.1, 0.15) is 4.90 Å². The van der Waals surface area contributed by atoms with Crippen LogP contribution in [-0.2, 0) is 0 Å². The average Bonchev–Trinajstić information content (AvgIpc) is 2.28. The largest absolute Gasteiger partial charge is 0.493 e. The predicted octanol–water partition coefficient (Wildman–Crippen LogP) is 2.72. The first-order valence-electron chi connectivity index (χ1n) is 4.67. The highest BCUT2D eigenvalue weighted by Gasteiger charge is 2.22. The molecule has 16 heavy (non-hydrogen) atoms. The van der Waals surface area contributed by atoms with Crippen LogP contribution in [0.1, 0.15) is 6.92 Å². The number of nitro benzene ring substituents is 1. The standard InChI is InChI=1S/C10H13NO4S/c1-4-16-10-7(11(12)13)5-6-8(14-2)9(10)15-3/h5-6H,4H2,1-3H3. The molecule has 88 valence electrons. The van der Waals surface area contributed by atoms with Crippen molar-refractivity contribution >= 4 is 17.4 Å². The van der Waals surface area contributed by atoms with E-state index in [-0.39, 0.29) is 5.69 Å². The quantitative estimate of drug-likeness (QED) is 0.452. The van der Waals surface area contributed by atoms with Crippen molar-refractivity contribution in [2.24, 2.45) is 0 Å². The van der Waals surface area contributed by atoms with Crippen LogP contribution in [0, 0.1) is 10.1 Å². The van der Waals surface area contributed by atoms with Gasteiger partial charge in [-0.3, -0.25) is 10.1 Å². The first-order chi connectivity index (χ1) is 7.65. The number of rotatable bonds is 5. The van der Waals surface area contributed by atoms with Gasteiger partial charge in [0.15, 0.2) is 11.5 Å². The van der Waals surface area contributed by atoms with Gasteiger partial charge in [0.25, 0.3) is 5.69 Å². The Kier molecular flexibility index (Phi) is 4.42. The molecule has 0 spiro atoms. The fourth-order valence-corrected chi connectivity index (χ4v) is 2.21. The summed E-state index contributed by atoms with van der Waals surface area (Å²) in [6.45, 7) is 1.92. The summed E-state index contributed by atoms with van der Waals surface area (Å²) in [5, 5.41) is 10.9. The summed E-state index contributed by atoms with van der Waals surface area (Å²) in [5.74, 6) is 1.65. The van der Waals surface area contributed by atoms with Crippen LogP contribution in [0.4, 0.5) is 5.69 Å². The molecular weight excluding hydrogens is 230 g/mol. The molecule has 0 fully saturated rings. The molecular formula is C10H13NO4S. The van der Waals surface area contributed by atoms with Gasteiger partial charge in [-0.2, -0.15) is 0 Å². The topological polar surface area (TPSA) is 61.6 Å². The zero-order valence-corrected chi connectivity index (χ0v) is 10.2. The Morgan fingerprint density at radius 3 is 2.50 bits per heavy atom. The van der Waals surface area contributed by atoms with Crippen LogP contribution in [0.5, 0.6) is 11.5 Å². The maximum absolute atomic E-state index is 10.9. The van der Waals surface area contributed by atoms with E-state index in [0.717, 1.165) is 5.75 Å². The number of thioether (sulfide) groups is 1. The molecule has 0 radical (unpaired) electrons. The van der Waals surface area contributed by atoms with Gasteiger partial charge >= 0.3 is 0 Å². The first kappa shape index (κ1) is 12.6. The third kappa shape index (κ3) is 2.38. The van der Waals surface area contributed by atoms with Crippen LogP contribution >= 0.6 is 11.8 Å². The van der Waals surface area contributed by atoms with Crippen molar-refractivity contribution in [1.29, 1.82) is 0 Å². The predicted molar refractivity (Wildman–Crippen MR) is 62.6 cm³/mol. The summed E-state index contributed by atoms with van der Waals surface area (Å²) in [6, 6.07) is 2.97. The zero-order chi connectivity index (χ0) is 12.1. The molecule has 0 heterocycles. The molecule has 0 saturated heterocycles. The lowest BCUT2D eigenvalue weighted by molar-refractivity contribution is -0.387. The number of nitrogens with zero attached hydrogens (tertiary/aromatic N) is 1. The number of hydrogen-bond acceptors (Lipinski definition) is 5. The molecule has 0 aliphatic rings. The van der Waals surface area contributed by atoms with Crippen molar-refractivity contribution in [3.8, 4) is 11.5 Å². The zero-order valence-electron chi connectivity index (χ0n) is 9.35. The van der Waals surface area contributed by atoms with Crippen LogP contribution in [0.25, 0.3) is 0 Å². The van der Waals surface area contributed by atoms with Gasteiger partial charge in [0.2, 0.25) is 0 Å². The lowest BCUT2D eigenvalue weighted by Gasteiger charge is -2.11. The minimum Gasteiger partial charge on any atom is -0.493 e. The summed E-state index contributed by atoms with van der Waals surface area (Å²) in [7, 11) is 2.98. The lowest BCUT2D eigenvalue weighted by Crippen LogP contribution is -1.97. The van der Waals surface area contributed by atoms with Gasteiger partial charge in [-0.15, -0.1) is 11.8 Å². The molecule has 5 nitrogen and oxygen atoms in total. The molecule has 0 aromatic heterocycles. The molecule has 1 aromatic carbocycles. The Balaban J connectivity index is 3.37. The minimum atomic E-state index is -0.417. The Labute approximate surface area is 97.9 Å². The summed E-state index contributed by atoms with van der Waals surface area (Å²) < 4.78 is 10.3. The van der Waals surface area contributed by atoms with Gasteiger partial charge in [0, 0.05) is 6.07 Å². The van der Waals surface area contributed by atoms with Gasteiger partial charge in [-0.1, -0.05) is 6.92 Å². The minimum absolute atomic E-state index is 0.0458. The number of methoxy groups -OCH3 is 2. The van der Waals surface area contributed by atoms with E-state index in [4.69, 9.17) is 9.47 Å². The number of hydrogen-bond donors (Lipinski definition) is 0. The van der Waals surface area contributed by atoms with E-state index in [1.54, 1.807) is 0 Å². The molecule has 0 unspecified atom stereocenters. The second kappa shape index (κ2) is 5.60. The molecule has 1 rings (SSSR count). The van der Waals surface area contributed by atoms with Crippen molar-refractivity contribution in [2.45, 2.75) is 11.8 Å². The fraction of sp³-hybridized carbons (Fsp3) is 0.400. The van der Waals surface area contributed by atoms with E-state index in [1.165, 1.54) is 38.1 Å². The molecule has 0 aliphatic carbocycles. The normalized spacial score (nSPS) is 9.94. The van der Waals surface area contributed by atoms with Crippen LogP contribution in [0.2, 0.25) is 0 Å². The Bertz CT molecular complexity index is 395. The maximum Gasteiger partial charge on any atom is 0.286 e. The van der Waals surface area contributed by atoms with E-state index in [1.807, 2.05) is 6.92 Å². The van der Waals surface area contributed by atoms with Crippen molar-refractivity contribution in [2.75, 3.05) is 20.0 Å². The maximum atomic E-state index is 10.9. The molecule has 0 aliphatic heterocycles.